The summed E-state index contributed by atoms with van der Waals surface area (Å²) in [6.07, 6.45) is 3.61. The second-order valence-corrected chi connectivity index (χ2v) is 5.80. The van der Waals surface area contributed by atoms with Gasteiger partial charge in [0.15, 0.2) is 0 Å². The minimum Gasteiger partial charge on any atom is -0.497 e. The minimum atomic E-state index is -0.461. The lowest BCUT2D eigenvalue weighted by molar-refractivity contribution is 0.415. The van der Waals surface area contributed by atoms with Crippen molar-refractivity contribution in [3.63, 3.8) is 0 Å². The number of benzene rings is 1. The molecule has 21 heavy (non-hydrogen) atoms. The fraction of sp³-hybridized carbons (Fsp3) is 0.0625. The highest BCUT2D eigenvalue weighted by Crippen LogP contribution is 2.33. The summed E-state index contributed by atoms with van der Waals surface area (Å²) in [5, 5.41) is 0. The monoisotopic (exact) mass is 297 g/mol. The zero-order valence-corrected chi connectivity index (χ0v) is 12.0. The zero-order chi connectivity index (χ0) is 14.4. The summed E-state index contributed by atoms with van der Waals surface area (Å²) in [6, 6.07) is 11.2. The maximum absolute atomic E-state index is 12.9. The summed E-state index contributed by atoms with van der Waals surface area (Å²) in [7, 11) is 1.67. The van der Waals surface area contributed by atoms with E-state index in [0.717, 1.165) is 27.2 Å². The van der Waals surface area contributed by atoms with Crippen molar-refractivity contribution >= 4 is 26.4 Å². The Labute approximate surface area is 124 Å². The number of ether oxygens (including phenoxy) is 1. The first-order valence-electron chi connectivity index (χ1n) is 6.45. The van der Waals surface area contributed by atoms with Crippen LogP contribution in [0.2, 0.25) is 0 Å². The summed E-state index contributed by atoms with van der Waals surface area (Å²) < 4.78 is 21.5. The Morgan fingerprint density at radius 3 is 2.81 bits per heavy atom. The molecule has 0 saturated heterocycles. The molecule has 0 saturated carbocycles. The Morgan fingerprint density at radius 2 is 2.05 bits per heavy atom. The topological polar surface area (TPSA) is 26.5 Å². The van der Waals surface area contributed by atoms with Crippen molar-refractivity contribution in [1.82, 2.24) is 9.38 Å². The van der Waals surface area contributed by atoms with Crippen LogP contribution >= 0.6 is 11.3 Å². The Morgan fingerprint density at radius 1 is 1.14 bits per heavy atom. The van der Waals surface area contributed by atoms with Gasteiger partial charge in [-0.2, -0.15) is 4.39 Å². The molecule has 0 amide bonds. The van der Waals surface area contributed by atoms with E-state index in [1.807, 2.05) is 18.2 Å². The predicted molar refractivity (Wildman–Crippen MR) is 82.5 cm³/mol. The van der Waals surface area contributed by atoms with E-state index in [0.29, 0.717) is 0 Å². The van der Waals surface area contributed by atoms with E-state index in [1.165, 1.54) is 10.8 Å². The Balaban J connectivity index is 1.88. The molecule has 0 radical (unpaired) electrons. The largest absolute Gasteiger partial charge is 0.497 e. The molecule has 0 aliphatic carbocycles. The minimum absolute atomic E-state index is 0.461. The van der Waals surface area contributed by atoms with Crippen molar-refractivity contribution in [1.29, 1.82) is 0 Å². The van der Waals surface area contributed by atoms with E-state index >= 15 is 0 Å². The number of hydrogen-bond acceptors (Lipinski definition) is 3. The van der Waals surface area contributed by atoms with Crippen LogP contribution in [0.5, 0.6) is 5.75 Å². The van der Waals surface area contributed by atoms with Gasteiger partial charge in [-0.1, -0.05) is 0 Å². The fourth-order valence-electron chi connectivity index (χ4n) is 2.43. The van der Waals surface area contributed by atoms with Crippen LogP contribution in [-0.2, 0) is 0 Å². The van der Waals surface area contributed by atoms with Crippen LogP contribution in [0.4, 0.5) is 4.39 Å². The van der Waals surface area contributed by atoms with Crippen molar-refractivity contribution in [2.24, 2.45) is 0 Å². The normalized spacial score (nSPS) is 11.3. The quantitative estimate of drug-likeness (QED) is 0.514. The number of methoxy groups -OCH3 is 1. The molecule has 3 aromatic heterocycles. The average Bonchev–Trinajstić information content (AvgIpc) is 3.04. The average molecular weight is 297 g/mol. The van der Waals surface area contributed by atoms with Crippen molar-refractivity contribution in [3.05, 3.63) is 54.7 Å². The van der Waals surface area contributed by atoms with E-state index in [1.54, 1.807) is 30.7 Å². The molecule has 0 aliphatic rings. The van der Waals surface area contributed by atoms with E-state index in [-0.39, 0.29) is 0 Å². The van der Waals surface area contributed by atoms with Crippen LogP contribution in [0.25, 0.3) is 26.2 Å². The lowest BCUT2D eigenvalue weighted by Crippen LogP contribution is -1.83. The highest BCUT2D eigenvalue weighted by molar-refractivity contribution is 7.24. The van der Waals surface area contributed by atoms with Crippen LogP contribution < -0.4 is 4.74 Å². The Hall–Kier alpha value is -2.40. The number of rotatable bonds is 2. The van der Waals surface area contributed by atoms with Gasteiger partial charge < -0.3 is 9.14 Å². The highest BCUT2D eigenvalue weighted by atomic mass is 32.1. The van der Waals surface area contributed by atoms with Gasteiger partial charge in [0.2, 0.25) is 5.95 Å². The molecule has 0 fully saturated rings. The first-order chi connectivity index (χ1) is 10.2. The fourth-order valence-corrected chi connectivity index (χ4v) is 3.54. The number of fused-ring (bicyclic) bond motifs is 3. The molecule has 4 rings (SSSR count). The van der Waals surface area contributed by atoms with Gasteiger partial charge in [0.25, 0.3) is 0 Å². The first-order valence-corrected chi connectivity index (χ1v) is 7.27. The first kappa shape index (κ1) is 12.3. The van der Waals surface area contributed by atoms with Gasteiger partial charge in [0.1, 0.15) is 10.6 Å². The molecule has 0 bridgehead atoms. The Bertz CT molecular complexity index is 940. The van der Waals surface area contributed by atoms with Gasteiger partial charge in [-0.15, -0.1) is 11.3 Å². The molecular formula is C16H11FN2OS. The molecule has 104 valence electrons. The number of pyridine rings is 1. The van der Waals surface area contributed by atoms with E-state index < -0.39 is 5.95 Å². The molecule has 1 aromatic carbocycles. The molecule has 4 aromatic rings. The Kier molecular flexibility index (Phi) is 2.68. The van der Waals surface area contributed by atoms with Gasteiger partial charge in [-0.25, -0.2) is 4.98 Å². The third kappa shape index (κ3) is 1.97. The van der Waals surface area contributed by atoms with Crippen LogP contribution in [0.3, 0.4) is 0 Å². The van der Waals surface area contributed by atoms with Crippen molar-refractivity contribution in [3.8, 4) is 16.9 Å². The predicted octanol–water partition coefficient (Wildman–Crippen LogP) is 4.36. The molecule has 0 unspecified atom stereocenters. The molecule has 0 N–H and O–H groups in total. The van der Waals surface area contributed by atoms with Gasteiger partial charge in [0.05, 0.1) is 17.3 Å². The molecule has 0 spiro atoms. The van der Waals surface area contributed by atoms with Crippen LogP contribution in [-0.4, -0.2) is 16.5 Å². The van der Waals surface area contributed by atoms with E-state index in [4.69, 9.17) is 4.74 Å². The van der Waals surface area contributed by atoms with Crippen LogP contribution in [0.1, 0.15) is 0 Å². The van der Waals surface area contributed by atoms with Gasteiger partial charge >= 0.3 is 0 Å². The molecule has 3 heterocycles. The second kappa shape index (κ2) is 4.56. The summed E-state index contributed by atoms with van der Waals surface area (Å²) in [4.78, 5) is 4.84. The van der Waals surface area contributed by atoms with Crippen LogP contribution in [0, 0.1) is 5.95 Å². The molecule has 0 aliphatic heterocycles. The molecule has 3 nitrogen and oxygen atoms in total. The number of aromatic nitrogens is 2. The van der Waals surface area contributed by atoms with Crippen molar-refractivity contribution < 1.29 is 9.13 Å². The third-order valence-corrected chi connectivity index (χ3v) is 4.56. The highest BCUT2D eigenvalue weighted by Gasteiger charge is 2.09. The van der Waals surface area contributed by atoms with E-state index in [2.05, 4.69) is 21.6 Å². The smallest absolute Gasteiger partial charge is 0.212 e. The number of hydrogen-bond donors (Lipinski definition) is 0. The van der Waals surface area contributed by atoms with E-state index in [9.17, 15) is 4.39 Å². The molecule has 0 atom stereocenters. The summed E-state index contributed by atoms with van der Waals surface area (Å²) in [5.74, 6) is 0.396. The standard InChI is InChI=1S/C16H11FN2OS/c1-20-12-3-4-13-14(7-12)21-16-6-11(9-19(13)16)10-2-5-15(17)18-8-10/h2-9H,1H3/i17-1. The molecular weight excluding hydrogens is 286 g/mol. The lowest BCUT2D eigenvalue weighted by Gasteiger charge is -1.99. The van der Waals surface area contributed by atoms with Gasteiger partial charge in [-0.05, 0) is 36.4 Å². The van der Waals surface area contributed by atoms with Crippen molar-refractivity contribution in [2.75, 3.05) is 7.11 Å². The van der Waals surface area contributed by atoms with Gasteiger partial charge in [0, 0.05) is 23.5 Å². The second-order valence-electron chi connectivity index (χ2n) is 4.74. The SMILES string of the molecule is COc1ccc2c(c1)sc1cc(-c3ccc([18F])nc3)cn12. The number of halogens is 1. The maximum Gasteiger partial charge on any atom is 0.212 e. The summed E-state index contributed by atoms with van der Waals surface area (Å²) >= 11 is 1.70. The molecule has 5 heteroatoms. The number of thiazole rings is 1. The zero-order valence-electron chi connectivity index (χ0n) is 11.2. The van der Waals surface area contributed by atoms with Crippen LogP contribution in [0.15, 0.2) is 48.8 Å². The van der Waals surface area contributed by atoms with Crippen molar-refractivity contribution in [2.45, 2.75) is 0 Å². The third-order valence-electron chi connectivity index (χ3n) is 3.49. The lowest BCUT2D eigenvalue weighted by atomic mass is 10.1. The number of nitrogens with zero attached hydrogens (tertiary/aromatic N) is 2. The summed E-state index contributed by atoms with van der Waals surface area (Å²) in [6.45, 7) is 0. The van der Waals surface area contributed by atoms with Gasteiger partial charge in [-0.3, -0.25) is 0 Å². The summed E-state index contributed by atoms with van der Waals surface area (Å²) in [5.41, 5.74) is 3.08. The maximum atomic E-state index is 12.9.